The summed E-state index contributed by atoms with van der Waals surface area (Å²) in [5.74, 6) is 0.610. The quantitative estimate of drug-likeness (QED) is 0.855. The van der Waals surface area contributed by atoms with Gasteiger partial charge in [-0.15, -0.1) is 0 Å². The number of rotatable bonds is 1. The lowest BCUT2D eigenvalue weighted by Crippen LogP contribution is -2.27. The van der Waals surface area contributed by atoms with Crippen molar-refractivity contribution in [2.75, 3.05) is 5.32 Å². The summed E-state index contributed by atoms with van der Waals surface area (Å²) in [5, 5.41) is 3.64. The Morgan fingerprint density at radius 1 is 1.24 bits per heavy atom. The lowest BCUT2D eigenvalue weighted by atomic mass is 10.1. The average Bonchev–Trinajstić information content (AvgIpc) is 2.18. The van der Waals surface area contributed by atoms with Crippen LogP contribution in [0, 0.1) is 0 Å². The molecule has 0 radical (unpaired) electrons. The van der Waals surface area contributed by atoms with E-state index in [1.807, 2.05) is 18.2 Å². The highest BCUT2D eigenvalue weighted by atomic mass is 79.9. The first kappa shape index (κ1) is 12.6. The second-order valence-corrected chi connectivity index (χ2v) is 6.06. The highest BCUT2D eigenvalue weighted by Crippen LogP contribution is 2.27. The van der Waals surface area contributed by atoms with Crippen molar-refractivity contribution >= 4 is 44.4 Å². The molecule has 0 bridgehead atoms. The summed E-state index contributed by atoms with van der Waals surface area (Å²) < 4.78 is 0.913. The number of hydrogen-bond donors (Lipinski definition) is 1. The van der Waals surface area contributed by atoms with Gasteiger partial charge in [0.05, 0.1) is 5.52 Å². The van der Waals surface area contributed by atoms with Crippen molar-refractivity contribution in [2.24, 2.45) is 0 Å². The molecular weight excluding hydrogens is 302 g/mol. The first-order valence-electron chi connectivity index (χ1n) is 5.27. The van der Waals surface area contributed by atoms with Gasteiger partial charge < -0.3 is 5.32 Å². The van der Waals surface area contributed by atoms with E-state index in [0.717, 1.165) is 15.5 Å². The maximum absolute atomic E-state index is 6.11. The van der Waals surface area contributed by atoms with Crippen LogP contribution in [0.4, 0.5) is 5.82 Å². The fraction of sp³-hybridized carbons (Fsp3) is 0.333. The molecule has 1 heterocycles. The summed E-state index contributed by atoms with van der Waals surface area (Å²) in [5.41, 5.74) is 1.49. The number of halogens is 2. The van der Waals surface area contributed by atoms with E-state index in [0.29, 0.717) is 11.0 Å². The van der Waals surface area contributed by atoms with E-state index in [1.54, 1.807) is 0 Å². The number of hydrogen-bond acceptors (Lipinski definition) is 3. The molecule has 2 rings (SSSR count). The number of para-hydroxylation sites is 1. The number of anilines is 1. The molecule has 0 saturated heterocycles. The maximum Gasteiger partial charge on any atom is 0.172 e. The first-order valence-corrected chi connectivity index (χ1v) is 6.44. The van der Waals surface area contributed by atoms with Crippen LogP contribution in [0.2, 0.25) is 5.15 Å². The standard InChI is InChI=1S/C12H13BrClN3/c1-12(2,3)17-11-10(14)15-8-6-4-5-7(13)9(8)16-11/h4-6H,1-3H3,(H,16,17). The molecule has 17 heavy (non-hydrogen) atoms. The molecule has 0 unspecified atom stereocenters. The largest absolute Gasteiger partial charge is 0.363 e. The molecule has 90 valence electrons. The first-order chi connectivity index (χ1) is 7.87. The topological polar surface area (TPSA) is 37.8 Å². The zero-order valence-corrected chi connectivity index (χ0v) is 12.2. The van der Waals surface area contributed by atoms with Crippen LogP contribution in [0.3, 0.4) is 0 Å². The Morgan fingerprint density at radius 2 is 1.94 bits per heavy atom. The maximum atomic E-state index is 6.11. The molecule has 0 fully saturated rings. The summed E-state index contributed by atoms with van der Waals surface area (Å²) in [6.45, 7) is 6.15. The fourth-order valence-electron chi connectivity index (χ4n) is 1.46. The average molecular weight is 315 g/mol. The van der Waals surface area contributed by atoms with E-state index >= 15 is 0 Å². The third kappa shape index (κ3) is 2.87. The highest BCUT2D eigenvalue weighted by molar-refractivity contribution is 9.10. The number of nitrogens with zero attached hydrogens (tertiary/aromatic N) is 2. The minimum Gasteiger partial charge on any atom is -0.363 e. The smallest absolute Gasteiger partial charge is 0.172 e. The lowest BCUT2D eigenvalue weighted by molar-refractivity contribution is 0.630. The van der Waals surface area contributed by atoms with E-state index in [-0.39, 0.29) is 5.54 Å². The van der Waals surface area contributed by atoms with Crippen LogP contribution in [-0.2, 0) is 0 Å². The molecule has 1 aromatic carbocycles. The number of fused-ring (bicyclic) bond motifs is 1. The van der Waals surface area contributed by atoms with Crippen molar-refractivity contribution in [1.29, 1.82) is 0 Å². The van der Waals surface area contributed by atoms with Crippen LogP contribution >= 0.6 is 27.5 Å². The fourth-order valence-corrected chi connectivity index (χ4v) is 2.08. The van der Waals surface area contributed by atoms with E-state index < -0.39 is 0 Å². The Labute approximate surface area is 114 Å². The molecular formula is C12H13BrClN3. The third-order valence-corrected chi connectivity index (χ3v) is 3.00. The van der Waals surface area contributed by atoms with Crippen molar-refractivity contribution in [3.8, 4) is 0 Å². The normalized spacial score (nSPS) is 11.8. The Kier molecular flexibility index (Phi) is 3.27. The molecule has 1 aromatic heterocycles. The number of benzene rings is 1. The predicted octanol–water partition coefficient (Wildman–Crippen LogP) is 4.26. The predicted molar refractivity (Wildman–Crippen MR) is 75.6 cm³/mol. The number of aromatic nitrogens is 2. The van der Waals surface area contributed by atoms with Crippen LogP contribution in [0.1, 0.15) is 20.8 Å². The Bertz CT molecular complexity index is 563. The van der Waals surface area contributed by atoms with E-state index in [1.165, 1.54) is 0 Å². The van der Waals surface area contributed by atoms with Crippen molar-refractivity contribution in [1.82, 2.24) is 9.97 Å². The van der Waals surface area contributed by atoms with Gasteiger partial charge in [-0.25, -0.2) is 9.97 Å². The molecule has 0 aliphatic carbocycles. The second-order valence-electron chi connectivity index (χ2n) is 4.85. The molecule has 0 spiro atoms. The molecule has 0 aliphatic rings. The van der Waals surface area contributed by atoms with Crippen molar-refractivity contribution < 1.29 is 0 Å². The Morgan fingerprint density at radius 3 is 2.59 bits per heavy atom. The highest BCUT2D eigenvalue weighted by Gasteiger charge is 2.15. The minimum atomic E-state index is -0.104. The van der Waals surface area contributed by atoms with Gasteiger partial charge in [0.15, 0.2) is 11.0 Å². The van der Waals surface area contributed by atoms with Gasteiger partial charge in [0.2, 0.25) is 0 Å². The molecule has 0 atom stereocenters. The summed E-state index contributed by atoms with van der Waals surface area (Å²) >= 11 is 9.57. The molecule has 5 heteroatoms. The lowest BCUT2D eigenvalue weighted by Gasteiger charge is -2.21. The van der Waals surface area contributed by atoms with E-state index in [9.17, 15) is 0 Å². The van der Waals surface area contributed by atoms with Gasteiger partial charge in [-0.1, -0.05) is 17.7 Å². The molecule has 2 aromatic rings. The second kappa shape index (κ2) is 4.42. The minimum absolute atomic E-state index is 0.104. The molecule has 0 amide bonds. The van der Waals surface area contributed by atoms with Crippen molar-refractivity contribution in [3.05, 3.63) is 27.8 Å². The molecule has 3 nitrogen and oxygen atoms in total. The van der Waals surface area contributed by atoms with Crippen LogP contribution < -0.4 is 5.32 Å². The molecule has 0 aliphatic heterocycles. The summed E-state index contributed by atoms with van der Waals surface area (Å²) in [6, 6.07) is 5.74. The van der Waals surface area contributed by atoms with Gasteiger partial charge in [0.1, 0.15) is 5.52 Å². The van der Waals surface area contributed by atoms with Crippen LogP contribution in [-0.4, -0.2) is 15.5 Å². The summed E-state index contributed by atoms with van der Waals surface area (Å²) in [6.07, 6.45) is 0. The van der Waals surface area contributed by atoms with Crippen LogP contribution in [0.15, 0.2) is 22.7 Å². The molecule has 0 saturated carbocycles. The van der Waals surface area contributed by atoms with Gasteiger partial charge in [-0.3, -0.25) is 0 Å². The van der Waals surface area contributed by atoms with Crippen LogP contribution in [0.5, 0.6) is 0 Å². The number of nitrogens with one attached hydrogen (secondary N) is 1. The Balaban J connectivity index is 2.58. The van der Waals surface area contributed by atoms with E-state index in [2.05, 4.69) is 52.0 Å². The zero-order chi connectivity index (χ0) is 12.6. The van der Waals surface area contributed by atoms with Gasteiger partial charge in [0, 0.05) is 10.0 Å². The van der Waals surface area contributed by atoms with Crippen molar-refractivity contribution in [3.63, 3.8) is 0 Å². The Hall–Kier alpha value is -0.870. The molecule has 1 N–H and O–H groups in total. The zero-order valence-electron chi connectivity index (χ0n) is 9.88. The van der Waals surface area contributed by atoms with Crippen LogP contribution in [0.25, 0.3) is 11.0 Å². The van der Waals surface area contributed by atoms with E-state index in [4.69, 9.17) is 11.6 Å². The summed E-state index contributed by atoms with van der Waals surface area (Å²) in [7, 11) is 0. The third-order valence-electron chi connectivity index (χ3n) is 2.10. The van der Waals surface area contributed by atoms with Gasteiger partial charge in [-0.05, 0) is 48.8 Å². The monoisotopic (exact) mass is 313 g/mol. The van der Waals surface area contributed by atoms with Gasteiger partial charge in [-0.2, -0.15) is 0 Å². The van der Waals surface area contributed by atoms with Crippen molar-refractivity contribution in [2.45, 2.75) is 26.3 Å². The van der Waals surface area contributed by atoms with Gasteiger partial charge >= 0.3 is 0 Å². The van der Waals surface area contributed by atoms with Gasteiger partial charge in [0.25, 0.3) is 0 Å². The SMILES string of the molecule is CC(C)(C)Nc1nc2c(Br)cccc2nc1Cl. The summed E-state index contributed by atoms with van der Waals surface area (Å²) in [4.78, 5) is 8.84.